The number of nitrogens with zero attached hydrogens (tertiary/aromatic N) is 4. The summed E-state index contributed by atoms with van der Waals surface area (Å²) in [6.07, 6.45) is 0.968. The van der Waals surface area contributed by atoms with Gasteiger partial charge in [-0.3, -0.25) is 9.36 Å². The number of fused-ring (bicyclic) bond motifs is 1. The highest BCUT2D eigenvalue weighted by Gasteiger charge is 2.37. The number of alkyl carbamates (subject to hydrolysis) is 1. The van der Waals surface area contributed by atoms with Crippen molar-refractivity contribution in [2.24, 2.45) is 11.3 Å². The largest absolute Gasteiger partial charge is 0.697 e. The van der Waals surface area contributed by atoms with Crippen molar-refractivity contribution in [1.29, 1.82) is 0 Å². The molecule has 16 heteroatoms. The molecule has 3 rings (SSSR count). The Morgan fingerprint density at radius 3 is 2.82 bits per heavy atom. The predicted octanol–water partition coefficient (Wildman–Crippen LogP) is 3.06. The number of anilines is 1. The average Bonchev–Trinajstić information content (AvgIpc) is 3.46. The first kappa shape index (κ1) is 30.0. The molecule has 1 amide bonds. The summed E-state index contributed by atoms with van der Waals surface area (Å²) in [6, 6.07) is 0. The van der Waals surface area contributed by atoms with Crippen molar-refractivity contribution in [1.82, 2.24) is 24.8 Å². The van der Waals surface area contributed by atoms with Gasteiger partial charge in [0, 0.05) is 22.8 Å². The van der Waals surface area contributed by atoms with Gasteiger partial charge >= 0.3 is 14.3 Å². The molecule has 1 aliphatic rings. The van der Waals surface area contributed by atoms with Crippen molar-refractivity contribution in [2.45, 2.75) is 46.4 Å². The Morgan fingerprint density at radius 1 is 1.34 bits per heavy atom. The first-order chi connectivity index (χ1) is 18.1. The number of thioether (sulfide) groups is 1. The van der Waals surface area contributed by atoms with Crippen molar-refractivity contribution in [3.8, 4) is 5.88 Å². The Bertz CT molecular complexity index is 1150. The number of amides is 1. The van der Waals surface area contributed by atoms with E-state index >= 15 is 0 Å². The Labute approximate surface area is 225 Å². The van der Waals surface area contributed by atoms with Crippen LogP contribution < -0.4 is 15.8 Å². The number of hydrogen-bond donors (Lipinski definition) is 2. The molecule has 14 nitrogen and oxygen atoms in total. The number of methoxy groups -OCH3 is 1. The normalized spacial score (nSPS) is 19.9. The summed E-state index contributed by atoms with van der Waals surface area (Å²) in [4.78, 5) is 36.4. The number of rotatable bonds is 13. The second-order valence-electron chi connectivity index (χ2n) is 9.22. The fourth-order valence-electron chi connectivity index (χ4n) is 3.76. The molecule has 4 atom stereocenters. The SMILES string of the molecule is CCOc1nc(N)nc2c1ncn2[C@@H]1O[C@H](CO[P+](=O)OCCSC(=O)C(C)(C)CNC(=O)OC)C[C@@H]1C. The molecule has 0 spiro atoms. The van der Waals surface area contributed by atoms with E-state index in [1.54, 1.807) is 24.7 Å². The zero-order chi connectivity index (χ0) is 27.9. The van der Waals surface area contributed by atoms with Gasteiger partial charge in [0.15, 0.2) is 16.3 Å². The zero-order valence-electron chi connectivity index (χ0n) is 22.0. The maximum atomic E-state index is 12.4. The fraction of sp³-hybridized carbons (Fsp3) is 0.682. The van der Waals surface area contributed by atoms with Crippen LogP contribution in [0.3, 0.4) is 0 Å². The minimum atomic E-state index is -2.39. The van der Waals surface area contributed by atoms with Gasteiger partial charge in [0.05, 0.1) is 31.6 Å². The van der Waals surface area contributed by atoms with Gasteiger partial charge in [0.1, 0.15) is 19.4 Å². The van der Waals surface area contributed by atoms with Crippen LogP contribution in [0.2, 0.25) is 0 Å². The Balaban J connectivity index is 1.43. The van der Waals surface area contributed by atoms with Gasteiger partial charge in [-0.05, 0) is 13.3 Å². The molecule has 38 heavy (non-hydrogen) atoms. The molecule has 1 unspecified atom stereocenters. The molecule has 0 aliphatic carbocycles. The summed E-state index contributed by atoms with van der Waals surface area (Å²) in [5.74, 6) is 0.760. The van der Waals surface area contributed by atoms with Crippen LogP contribution in [0.15, 0.2) is 6.33 Å². The number of imidazole rings is 1. The predicted molar refractivity (Wildman–Crippen MR) is 140 cm³/mol. The van der Waals surface area contributed by atoms with Crippen LogP contribution in [0.25, 0.3) is 11.2 Å². The molecular formula is C22H34N6O8PS+. The van der Waals surface area contributed by atoms with Crippen LogP contribution in [-0.2, 0) is 27.9 Å². The Morgan fingerprint density at radius 2 is 2.11 bits per heavy atom. The highest BCUT2D eigenvalue weighted by Crippen LogP contribution is 2.38. The molecule has 0 bridgehead atoms. The van der Waals surface area contributed by atoms with Crippen LogP contribution in [0, 0.1) is 11.3 Å². The number of aromatic nitrogens is 4. The summed E-state index contributed by atoms with van der Waals surface area (Å²) < 4.78 is 40.7. The Kier molecular flexibility index (Phi) is 10.6. The van der Waals surface area contributed by atoms with E-state index in [0.29, 0.717) is 30.1 Å². The van der Waals surface area contributed by atoms with Gasteiger partial charge in [-0.2, -0.15) is 9.97 Å². The number of nitrogens with two attached hydrogens (primary N) is 1. The van der Waals surface area contributed by atoms with E-state index in [-0.39, 0.29) is 54.8 Å². The third kappa shape index (κ3) is 7.73. The third-order valence-corrected chi connectivity index (χ3v) is 7.65. The molecule has 3 N–H and O–H groups in total. The lowest BCUT2D eigenvalue weighted by Gasteiger charge is -2.22. The van der Waals surface area contributed by atoms with E-state index in [2.05, 4.69) is 25.0 Å². The summed E-state index contributed by atoms with van der Waals surface area (Å²) in [6.45, 7) is 7.97. The van der Waals surface area contributed by atoms with Crippen LogP contribution in [-0.4, -0.2) is 76.1 Å². The topological polar surface area (TPSA) is 179 Å². The van der Waals surface area contributed by atoms with Gasteiger partial charge in [0.2, 0.25) is 11.8 Å². The second-order valence-corrected chi connectivity index (χ2v) is 11.3. The van der Waals surface area contributed by atoms with Gasteiger partial charge in [-0.1, -0.05) is 32.5 Å². The van der Waals surface area contributed by atoms with Crippen LogP contribution in [0.4, 0.5) is 10.7 Å². The third-order valence-electron chi connectivity index (χ3n) is 5.71. The van der Waals surface area contributed by atoms with Crippen LogP contribution in [0.5, 0.6) is 5.88 Å². The van der Waals surface area contributed by atoms with Gasteiger partial charge < -0.3 is 25.3 Å². The molecule has 2 aromatic heterocycles. The van der Waals surface area contributed by atoms with E-state index in [1.165, 1.54) is 7.11 Å². The second kappa shape index (κ2) is 13.5. The molecule has 210 valence electrons. The molecule has 1 fully saturated rings. The van der Waals surface area contributed by atoms with E-state index in [4.69, 9.17) is 24.3 Å². The first-order valence-corrected chi connectivity index (χ1v) is 14.1. The molecule has 1 saturated heterocycles. The van der Waals surface area contributed by atoms with Gasteiger partial charge in [-0.25, -0.2) is 9.78 Å². The first-order valence-electron chi connectivity index (χ1n) is 12.1. The lowest BCUT2D eigenvalue weighted by atomic mass is 9.96. The number of ether oxygens (including phenoxy) is 3. The lowest BCUT2D eigenvalue weighted by molar-refractivity contribution is -0.117. The zero-order valence-corrected chi connectivity index (χ0v) is 23.8. The summed E-state index contributed by atoms with van der Waals surface area (Å²) in [7, 11) is -1.14. The molecule has 3 heterocycles. The Hall–Kier alpha value is -2.58. The molecule has 1 aliphatic heterocycles. The summed E-state index contributed by atoms with van der Waals surface area (Å²) in [5.41, 5.74) is 6.05. The van der Waals surface area contributed by atoms with E-state index < -0.39 is 19.8 Å². The molecule has 0 aromatic carbocycles. The highest BCUT2D eigenvalue weighted by atomic mass is 32.2. The molecule has 0 radical (unpaired) electrons. The van der Waals surface area contributed by atoms with Crippen LogP contribution >= 0.6 is 20.0 Å². The molecular weight excluding hydrogens is 539 g/mol. The number of nitrogens with one attached hydrogen (secondary N) is 1. The number of hydrogen-bond acceptors (Lipinski definition) is 13. The number of carbonyl (C=O) groups excluding carboxylic acids is 2. The number of carbonyl (C=O) groups is 2. The number of nitrogen functional groups attached to an aromatic ring is 1. The van der Waals surface area contributed by atoms with Crippen molar-refractivity contribution >= 4 is 48.3 Å². The summed E-state index contributed by atoms with van der Waals surface area (Å²) >= 11 is 1.03. The quantitative estimate of drug-likeness (QED) is 0.264. The minimum Gasteiger partial charge on any atom is -0.476 e. The highest BCUT2D eigenvalue weighted by molar-refractivity contribution is 8.13. The van der Waals surface area contributed by atoms with Crippen molar-refractivity contribution in [3.05, 3.63) is 6.33 Å². The smallest absolute Gasteiger partial charge is 0.476 e. The van der Waals surface area contributed by atoms with E-state index in [0.717, 1.165) is 11.8 Å². The van der Waals surface area contributed by atoms with Gasteiger partial charge in [-0.15, -0.1) is 9.05 Å². The van der Waals surface area contributed by atoms with Crippen molar-refractivity contribution in [3.63, 3.8) is 0 Å². The fourth-order valence-corrected chi connectivity index (χ4v) is 5.30. The standard InChI is InChI=1S/C22H33N6O8PS/c1-6-33-17-15-16(26-20(23)27-17)28(12-25-15)18-13(2)9-14(36-18)10-35-37(31)34-7-8-38-19(29)22(3,4)11-24-21(30)32-5/h12-14,18H,6-11H2,1-5H3,(H2-,23,24,26,27,30)/p+1/t13-,14-,18+/m0/s1. The maximum Gasteiger partial charge on any atom is 0.697 e. The summed E-state index contributed by atoms with van der Waals surface area (Å²) in [5, 5.41) is 2.37. The van der Waals surface area contributed by atoms with Crippen LogP contribution in [0.1, 0.15) is 40.3 Å². The van der Waals surface area contributed by atoms with E-state index in [1.807, 2.05) is 13.8 Å². The van der Waals surface area contributed by atoms with E-state index in [9.17, 15) is 14.2 Å². The molecule has 2 aromatic rings. The minimum absolute atomic E-state index is 0.0565. The maximum absolute atomic E-state index is 12.4. The lowest BCUT2D eigenvalue weighted by Crippen LogP contribution is -2.38. The van der Waals surface area contributed by atoms with Crippen molar-refractivity contribution < 1.29 is 37.4 Å². The average molecular weight is 574 g/mol. The van der Waals surface area contributed by atoms with Gasteiger partial charge in [0.25, 0.3) is 0 Å². The monoisotopic (exact) mass is 573 g/mol. The molecule has 0 saturated carbocycles. The van der Waals surface area contributed by atoms with Crippen molar-refractivity contribution in [2.75, 3.05) is 45.0 Å².